The van der Waals surface area contributed by atoms with E-state index in [1.807, 2.05) is 28.8 Å². The number of hydrogen-bond donors (Lipinski definition) is 4. The fourth-order valence-electron chi connectivity index (χ4n) is 9.58. The van der Waals surface area contributed by atoms with Gasteiger partial charge in [-0.15, -0.1) is 0 Å². The number of carbonyl (C=O) groups excluding carboxylic acids is 2. The Kier molecular flexibility index (Phi) is 12.0. The number of benzene rings is 2. The van der Waals surface area contributed by atoms with Crippen LogP contribution in [0.25, 0.3) is 16.6 Å². The van der Waals surface area contributed by atoms with Crippen molar-refractivity contribution in [3.05, 3.63) is 113 Å². The number of fused-ring (bicyclic) bond motifs is 1. The summed E-state index contributed by atoms with van der Waals surface area (Å²) in [6, 6.07) is 13.2. The van der Waals surface area contributed by atoms with Crippen molar-refractivity contribution in [3.8, 4) is 5.69 Å². The van der Waals surface area contributed by atoms with Gasteiger partial charge in [-0.3, -0.25) is 37.9 Å². The number of amides is 2. The van der Waals surface area contributed by atoms with Crippen LogP contribution in [0.1, 0.15) is 74.5 Å². The zero-order valence-corrected chi connectivity index (χ0v) is 37.4. The van der Waals surface area contributed by atoms with Gasteiger partial charge in [0.25, 0.3) is 11.1 Å². The first-order valence-corrected chi connectivity index (χ1v) is 22.9. The van der Waals surface area contributed by atoms with Gasteiger partial charge in [0, 0.05) is 59.7 Å². The van der Waals surface area contributed by atoms with Crippen molar-refractivity contribution in [1.82, 2.24) is 28.9 Å². The van der Waals surface area contributed by atoms with E-state index in [4.69, 9.17) is 0 Å². The van der Waals surface area contributed by atoms with Gasteiger partial charge in [-0.05, 0) is 148 Å². The molecule has 4 aliphatic rings. The van der Waals surface area contributed by atoms with Crippen LogP contribution in [0.2, 0.25) is 0 Å². The molecule has 4 N–H and O–H groups in total. The fraction of sp³-hybridized carbons (Fsp3) is 0.435. The molecule has 330 valence electrons. The Morgan fingerprint density at radius 1 is 0.905 bits per heavy atom. The maximum Gasteiger partial charge on any atom is 0.336 e. The van der Waals surface area contributed by atoms with E-state index in [9.17, 15) is 29.1 Å². The summed E-state index contributed by atoms with van der Waals surface area (Å²) in [5, 5.41) is 18.6. The fourth-order valence-corrected chi connectivity index (χ4v) is 10.0. The largest absolute Gasteiger partial charge is 0.374 e. The monoisotopic (exact) mass is 971 g/mol. The normalized spacial score (nSPS) is 20.2. The molecule has 17 heteroatoms. The number of nitrogens with zero attached hydrogens (tertiary/aromatic N) is 6. The number of anilines is 4. The second-order valence-corrected chi connectivity index (χ2v) is 18.8. The minimum Gasteiger partial charge on any atom is -0.374 e. The number of pyridine rings is 2. The summed E-state index contributed by atoms with van der Waals surface area (Å²) >= 11 is 2.01. The molecule has 5 aromatic rings. The van der Waals surface area contributed by atoms with E-state index in [-0.39, 0.29) is 57.7 Å². The van der Waals surface area contributed by atoms with Gasteiger partial charge in [0.05, 0.1) is 34.7 Å². The van der Waals surface area contributed by atoms with Crippen LogP contribution in [0.3, 0.4) is 0 Å². The predicted octanol–water partition coefficient (Wildman–Crippen LogP) is 5.26. The Bertz CT molecular complexity index is 2790. The van der Waals surface area contributed by atoms with E-state index in [0.29, 0.717) is 59.4 Å². The van der Waals surface area contributed by atoms with E-state index in [0.717, 1.165) is 56.8 Å². The number of hydrogen-bond acceptors (Lipinski definition) is 10. The molecule has 9 rings (SSSR count). The quantitative estimate of drug-likeness (QED) is 0.135. The van der Waals surface area contributed by atoms with Crippen LogP contribution in [-0.2, 0) is 16.6 Å². The summed E-state index contributed by atoms with van der Waals surface area (Å²) in [5.41, 5.74) is 1.54. The minimum absolute atomic E-state index is 0.0733. The molecule has 63 heavy (non-hydrogen) atoms. The highest BCUT2D eigenvalue weighted by Crippen LogP contribution is 2.35. The van der Waals surface area contributed by atoms with Gasteiger partial charge < -0.3 is 30.9 Å². The molecule has 0 spiro atoms. The number of carbonyl (C=O) groups is 2. The molecule has 0 radical (unpaired) electrons. The molecule has 0 bridgehead atoms. The third-order valence-electron chi connectivity index (χ3n) is 13.3. The van der Waals surface area contributed by atoms with Gasteiger partial charge in [-0.2, -0.15) is 0 Å². The van der Waals surface area contributed by atoms with E-state index in [2.05, 4.69) is 36.8 Å². The Hall–Kier alpha value is -5.40. The second kappa shape index (κ2) is 17.6. The number of aryl methyl sites for hydroxylation is 1. The first kappa shape index (κ1) is 42.9. The summed E-state index contributed by atoms with van der Waals surface area (Å²) < 4.78 is 19.7. The molecule has 2 aromatic carbocycles. The van der Waals surface area contributed by atoms with E-state index < -0.39 is 28.9 Å². The number of aromatic nitrogens is 4. The highest BCUT2D eigenvalue weighted by atomic mass is 127. The first-order valence-electron chi connectivity index (χ1n) is 21.8. The van der Waals surface area contributed by atoms with E-state index >= 15 is 4.39 Å². The lowest BCUT2D eigenvalue weighted by Crippen LogP contribution is -2.43. The zero-order valence-electron chi connectivity index (χ0n) is 35.3. The molecule has 6 heterocycles. The Morgan fingerprint density at radius 3 is 2.38 bits per heavy atom. The number of nitrogens with one attached hydrogen (secondary N) is 3. The SMILES string of the molecule is Cc1c(=O)n(C)c(Nc2ccc(I)cc2F)c2c(=O)n(C3CC3)c(=O)n(-c3cccc(NC(=O)C4CCN(CC5CCN(c6cncc(C7CCC(O)NC7=O)c6)CC5)CC4)c3)c12. The predicted molar refractivity (Wildman–Crippen MR) is 248 cm³/mol. The van der Waals surface area contributed by atoms with Gasteiger partial charge in [0.15, 0.2) is 0 Å². The van der Waals surface area contributed by atoms with Gasteiger partial charge in [0.2, 0.25) is 11.8 Å². The van der Waals surface area contributed by atoms with Crippen LogP contribution in [0.15, 0.2) is 75.3 Å². The molecule has 4 fully saturated rings. The lowest BCUT2D eigenvalue weighted by Gasteiger charge is -2.38. The van der Waals surface area contributed by atoms with Crippen LogP contribution in [0.5, 0.6) is 0 Å². The maximum atomic E-state index is 15.2. The first-order chi connectivity index (χ1) is 30.3. The molecular weight excluding hydrogens is 920 g/mol. The molecule has 2 atom stereocenters. The van der Waals surface area contributed by atoms with Gasteiger partial charge in [-0.25, -0.2) is 9.18 Å². The smallest absolute Gasteiger partial charge is 0.336 e. The molecule has 3 saturated heterocycles. The van der Waals surface area contributed by atoms with Crippen molar-refractivity contribution in [2.24, 2.45) is 18.9 Å². The number of piperidine rings is 3. The topological polar surface area (TPSA) is 176 Å². The van der Waals surface area contributed by atoms with Gasteiger partial charge in [-0.1, -0.05) is 6.07 Å². The maximum absolute atomic E-state index is 15.2. The zero-order chi connectivity index (χ0) is 44.1. The Morgan fingerprint density at radius 2 is 1.67 bits per heavy atom. The summed E-state index contributed by atoms with van der Waals surface area (Å²) in [6.07, 6.45) is 8.73. The number of likely N-dealkylation sites (tertiary alicyclic amines) is 1. The molecular formula is C46H51FIN9O6. The Labute approximate surface area is 376 Å². The van der Waals surface area contributed by atoms with Crippen LogP contribution in [0, 0.1) is 28.1 Å². The average Bonchev–Trinajstić information content (AvgIpc) is 4.11. The van der Waals surface area contributed by atoms with Crippen molar-refractivity contribution in [2.75, 3.05) is 48.3 Å². The highest BCUT2D eigenvalue weighted by Gasteiger charge is 2.33. The summed E-state index contributed by atoms with van der Waals surface area (Å²) in [6.45, 7) is 5.96. The van der Waals surface area contributed by atoms with Gasteiger partial charge >= 0.3 is 5.69 Å². The lowest BCUT2D eigenvalue weighted by atomic mass is 9.90. The van der Waals surface area contributed by atoms with Crippen molar-refractivity contribution < 1.29 is 19.1 Å². The molecule has 2 amide bonds. The van der Waals surface area contributed by atoms with Crippen LogP contribution >= 0.6 is 22.6 Å². The number of aliphatic hydroxyl groups is 1. The molecule has 2 unspecified atom stereocenters. The van der Waals surface area contributed by atoms with Crippen LogP contribution in [-0.4, -0.2) is 79.5 Å². The van der Waals surface area contributed by atoms with Crippen molar-refractivity contribution in [1.29, 1.82) is 0 Å². The van der Waals surface area contributed by atoms with E-state index in [1.54, 1.807) is 49.5 Å². The second-order valence-electron chi connectivity index (χ2n) is 17.5. The van der Waals surface area contributed by atoms with E-state index in [1.165, 1.54) is 26.8 Å². The van der Waals surface area contributed by atoms with Crippen molar-refractivity contribution in [3.63, 3.8) is 0 Å². The number of halogens is 2. The average molecular weight is 972 g/mol. The Balaban J connectivity index is 0.869. The van der Waals surface area contributed by atoms with Gasteiger partial charge in [0.1, 0.15) is 23.2 Å². The third kappa shape index (κ3) is 8.66. The summed E-state index contributed by atoms with van der Waals surface area (Å²) in [7, 11) is 1.51. The van der Waals surface area contributed by atoms with Crippen molar-refractivity contribution >= 4 is 68.2 Å². The molecule has 3 aromatic heterocycles. The summed E-state index contributed by atoms with van der Waals surface area (Å²) in [4.78, 5) is 77.9. The van der Waals surface area contributed by atoms with Crippen molar-refractivity contribution in [2.45, 2.75) is 76.5 Å². The number of rotatable bonds is 10. The van der Waals surface area contributed by atoms with Crippen LogP contribution in [0.4, 0.5) is 27.3 Å². The third-order valence-corrected chi connectivity index (χ3v) is 13.9. The highest BCUT2D eigenvalue weighted by molar-refractivity contribution is 14.1. The summed E-state index contributed by atoms with van der Waals surface area (Å²) in [5.74, 6) is -0.712. The minimum atomic E-state index is -0.785. The van der Waals surface area contributed by atoms with Crippen LogP contribution < -0.4 is 37.7 Å². The number of aliphatic hydroxyl groups excluding tert-OH is 1. The molecule has 1 aliphatic carbocycles. The standard InChI is InChI=1S/C46H51FIN9O6/c1-26-40-39(41(53(2)44(26)61)51-37-10-6-30(48)21-36(37)47)45(62)57(32-7-8-32)46(63)56(40)33-5-3-4-31(22-33)50-42(59)28-14-16-54(17-15-28)25-27-12-18-55(19-13-27)34-20-29(23-49-24-34)35-9-11-38(58)52-43(35)60/h3-6,10,20-24,27-28,32,35,38,51,58H,7-9,11-19,25H2,1-2H3,(H,50,59)(H,52,60). The molecule has 15 nitrogen and oxygen atoms in total. The molecule has 3 aliphatic heterocycles. The lowest BCUT2D eigenvalue weighted by molar-refractivity contribution is -0.128. The molecule has 1 saturated carbocycles.